The third-order valence-corrected chi connectivity index (χ3v) is 12.0. The molecule has 0 aliphatic rings. The molecule has 0 aliphatic carbocycles. The van der Waals surface area contributed by atoms with Gasteiger partial charge in [0.1, 0.15) is 16.8 Å². The van der Waals surface area contributed by atoms with Gasteiger partial charge in [-0.1, -0.05) is 121 Å². The van der Waals surface area contributed by atoms with Crippen molar-refractivity contribution in [1.29, 1.82) is 0 Å². The zero-order valence-electron chi connectivity index (χ0n) is 29.4. The molecule has 4 aromatic heterocycles. The molecule has 12 rings (SSSR count). The number of hydrogen-bond acceptors (Lipinski definition) is 2. The summed E-state index contributed by atoms with van der Waals surface area (Å²) in [4.78, 5) is 4.84. The van der Waals surface area contributed by atoms with Gasteiger partial charge in [-0.2, -0.15) is 0 Å². The summed E-state index contributed by atoms with van der Waals surface area (Å²) in [5.41, 5.74) is 13.8. The van der Waals surface area contributed by atoms with Crippen LogP contribution in [0.4, 0.5) is 5.69 Å². The zero-order valence-corrected chi connectivity index (χ0v) is 29.4. The first kappa shape index (κ1) is 29.5. The van der Waals surface area contributed by atoms with Crippen molar-refractivity contribution in [2.45, 2.75) is 12.5 Å². The van der Waals surface area contributed by atoms with Crippen LogP contribution in [0.5, 0.6) is 0 Å². The maximum atomic E-state index is 7.02. The van der Waals surface area contributed by atoms with Crippen LogP contribution in [0.1, 0.15) is 18.2 Å². The third-order valence-electron chi connectivity index (χ3n) is 12.0. The van der Waals surface area contributed by atoms with E-state index in [2.05, 4.69) is 155 Å². The first-order chi connectivity index (χ1) is 26.7. The molecule has 254 valence electrons. The van der Waals surface area contributed by atoms with Gasteiger partial charge in [-0.05, 0) is 65.0 Å². The normalized spacial score (nSPS) is 13.8. The molecule has 0 fully saturated rings. The average Bonchev–Trinajstić information content (AvgIpc) is 3.97. The molecule has 12 aromatic rings. The number of aromatic nitrogens is 2. The lowest BCUT2D eigenvalue weighted by atomic mass is 9.84. The third kappa shape index (κ3) is 3.56. The van der Waals surface area contributed by atoms with E-state index in [1.54, 1.807) is 0 Å². The molecular weight excluding hydrogens is 661 g/mol. The highest BCUT2D eigenvalue weighted by molar-refractivity contribution is 6.35. The van der Waals surface area contributed by atoms with Crippen LogP contribution in [-0.2, 0) is 5.54 Å². The number of hydrogen-bond donors (Lipinski definition) is 1. The molecule has 1 unspecified atom stereocenters. The van der Waals surface area contributed by atoms with Crippen molar-refractivity contribution in [3.63, 3.8) is 0 Å². The SMILES string of the molecule is CC(c1oc2ccccc2c1N=CN)(c1cccc2ccccc12)n1c2ccccc2c2c3c(ccc21)ccc1c3c2cccc3c4ccccc4n1c32. The minimum absolute atomic E-state index is 0.731. The van der Waals surface area contributed by atoms with Crippen molar-refractivity contribution in [2.24, 2.45) is 10.7 Å². The van der Waals surface area contributed by atoms with Crippen molar-refractivity contribution in [3.05, 3.63) is 169 Å². The Kier molecular flexibility index (Phi) is 5.72. The van der Waals surface area contributed by atoms with Gasteiger partial charge in [0.15, 0.2) is 5.76 Å². The van der Waals surface area contributed by atoms with Gasteiger partial charge in [0, 0.05) is 43.1 Å². The first-order valence-corrected chi connectivity index (χ1v) is 18.4. The second-order valence-corrected chi connectivity index (χ2v) is 14.6. The Bertz CT molecular complexity index is 3540. The van der Waals surface area contributed by atoms with Crippen molar-refractivity contribution >= 4 is 104 Å². The number of fused-ring (bicyclic) bond motifs is 14. The van der Waals surface area contributed by atoms with Crippen LogP contribution in [0, 0.1) is 0 Å². The van der Waals surface area contributed by atoms with Crippen LogP contribution >= 0.6 is 0 Å². The molecule has 0 saturated carbocycles. The molecule has 5 nitrogen and oxygen atoms in total. The average molecular weight is 693 g/mol. The molecule has 4 heterocycles. The summed E-state index contributed by atoms with van der Waals surface area (Å²) >= 11 is 0. The number of aliphatic imine (C=N–C) groups is 1. The lowest BCUT2D eigenvalue weighted by Crippen LogP contribution is -2.33. The van der Waals surface area contributed by atoms with Gasteiger partial charge in [-0.3, -0.25) is 0 Å². The van der Waals surface area contributed by atoms with Crippen molar-refractivity contribution < 1.29 is 4.42 Å². The molecule has 5 heteroatoms. The summed E-state index contributed by atoms with van der Waals surface area (Å²) < 4.78 is 12.0. The fourth-order valence-corrected chi connectivity index (χ4v) is 9.83. The number of para-hydroxylation sites is 4. The molecule has 8 aromatic carbocycles. The number of furan rings is 1. The Hall–Kier alpha value is -7.11. The molecule has 0 saturated heterocycles. The smallest absolute Gasteiger partial charge is 0.161 e. The molecule has 0 spiro atoms. The topological polar surface area (TPSA) is 60.9 Å². The molecular formula is C49H32N4O. The van der Waals surface area contributed by atoms with Crippen molar-refractivity contribution in [1.82, 2.24) is 8.97 Å². The van der Waals surface area contributed by atoms with Crippen molar-refractivity contribution in [2.75, 3.05) is 0 Å². The standard InChI is InChI=1S/C49H32N4O/c1-49(37-20-10-13-29-12-2-3-14-31(29)37,48-46(51-28-50)35-17-6-9-23-42(35)54-48)53-39-22-8-5-16-34(39)44-41(53)27-25-30-24-26-40-45(43(30)44)36-19-11-18-33-32-15-4-7-21-38(32)52(40)47(33)36/h2-28H,1H3,(H2,50,51). The van der Waals surface area contributed by atoms with Gasteiger partial charge in [-0.15, -0.1) is 0 Å². The molecule has 0 amide bonds. The molecule has 2 N–H and O–H groups in total. The Morgan fingerprint density at radius 1 is 0.519 bits per heavy atom. The maximum Gasteiger partial charge on any atom is 0.161 e. The van der Waals surface area contributed by atoms with Crippen LogP contribution in [0.15, 0.2) is 167 Å². The van der Waals surface area contributed by atoms with Gasteiger partial charge >= 0.3 is 0 Å². The van der Waals surface area contributed by atoms with E-state index in [1.807, 2.05) is 18.2 Å². The molecule has 0 aliphatic heterocycles. The van der Waals surface area contributed by atoms with Gasteiger partial charge in [-0.25, -0.2) is 4.99 Å². The second kappa shape index (κ2) is 10.5. The monoisotopic (exact) mass is 692 g/mol. The van der Waals surface area contributed by atoms with Crippen molar-refractivity contribution in [3.8, 4) is 0 Å². The highest BCUT2D eigenvalue weighted by Gasteiger charge is 2.41. The highest BCUT2D eigenvalue weighted by atomic mass is 16.3. The van der Waals surface area contributed by atoms with Crippen LogP contribution < -0.4 is 5.73 Å². The molecule has 1 atom stereocenters. The van der Waals surface area contributed by atoms with E-state index < -0.39 is 5.54 Å². The summed E-state index contributed by atoms with van der Waals surface area (Å²) in [5.74, 6) is 0.731. The van der Waals surface area contributed by atoms with E-state index in [0.29, 0.717) is 0 Å². The van der Waals surface area contributed by atoms with Gasteiger partial charge in [0.25, 0.3) is 0 Å². The van der Waals surface area contributed by atoms with E-state index >= 15 is 0 Å². The van der Waals surface area contributed by atoms with Crippen LogP contribution in [0.3, 0.4) is 0 Å². The van der Waals surface area contributed by atoms with Crippen LogP contribution in [-0.4, -0.2) is 15.3 Å². The van der Waals surface area contributed by atoms with Crippen LogP contribution in [0.25, 0.3) is 92.4 Å². The Labute approximate surface area is 309 Å². The number of rotatable bonds is 4. The Balaban J connectivity index is 1.31. The maximum absolute atomic E-state index is 7.02. The highest BCUT2D eigenvalue weighted by Crippen LogP contribution is 2.51. The summed E-state index contributed by atoms with van der Waals surface area (Å²) in [6.45, 7) is 2.28. The largest absolute Gasteiger partial charge is 0.456 e. The summed E-state index contributed by atoms with van der Waals surface area (Å²) in [6, 6.07) is 56.9. The predicted octanol–water partition coefficient (Wildman–Crippen LogP) is 12.4. The molecule has 0 radical (unpaired) electrons. The van der Waals surface area contributed by atoms with E-state index in [1.165, 1.54) is 66.0 Å². The van der Waals surface area contributed by atoms with E-state index in [0.717, 1.165) is 49.8 Å². The lowest BCUT2D eigenvalue weighted by molar-refractivity contribution is 0.397. The fraction of sp³-hybridized carbons (Fsp3) is 0.0408. The first-order valence-electron chi connectivity index (χ1n) is 18.4. The van der Waals surface area contributed by atoms with Gasteiger partial charge in [0.05, 0.1) is 33.9 Å². The van der Waals surface area contributed by atoms with Crippen LogP contribution in [0.2, 0.25) is 0 Å². The van der Waals surface area contributed by atoms with E-state index in [-0.39, 0.29) is 0 Å². The second-order valence-electron chi connectivity index (χ2n) is 14.6. The summed E-state index contributed by atoms with van der Waals surface area (Å²) in [5, 5.41) is 13.2. The number of benzene rings is 8. The van der Waals surface area contributed by atoms with Gasteiger partial charge in [0.2, 0.25) is 0 Å². The fourth-order valence-electron chi connectivity index (χ4n) is 9.83. The van der Waals surface area contributed by atoms with E-state index in [4.69, 9.17) is 15.1 Å². The Morgan fingerprint density at radius 3 is 2.00 bits per heavy atom. The number of nitrogens with two attached hydrogens (primary N) is 1. The van der Waals surface area contributed by atoms with E-state index in [9.17, 15) is 0 Å². The Morgan fingerprint density at radius 2 is 1.15 bits per heavy atom. The summed E-state index contributed by atoms with van der Waals surface area (Å²) in [6.07, 6.45) is 1.38. The zero-order chi connectivity index (χ0) is 35.7. The molecule has 54 heavy (non-hydrogen) atoms. The minimum Gasteiger partial charge on any atom is -0.456 e. The quantitative estimate of drug-likeness (QED) is 0.147. The lowest BCUT2D eigenvalue weighted by Gasteiger charge is -2.34. The minimum atomic E-state index is -0.879. The predicted molar refractivity (Wildman–Crippen MR) is 226 cm³/mol. The van der Waals surface area contributed by atoms with Gasteiger partial charge < -0.3 is 19.1 Å². The summed E-state index contributed by atoms with van der Waals surface area (Å²) in [7, 11) is 0. The number of nitrogens with zero attached hydrogens (tertiary/aromatic N) is 3. The molecule has 0 bridgehead atoms.